The van der Waals surface area contributed by atoms with Crippen LogP contribution in [0.4, 0.5) is 8.78 Å². The summed E-state index contributed by atoms with van der Waals surface area (Å²) in [6.07, 6.45) is 5.99. The number of hydrogen-bond acceptors (Lipinski definition) is 6. The third-order valence-corrected chi connectivity index (χ3v) is 8.32. The fraction of sp³-hybridized carbons (Fsp3) is 0.542. The van der Waals surface area contributed by atoms with Crippen LogP contribution >= 0.6 is 12.0 Å². The van der Waals surface area contributed by atoms with E-state index in [1.807, 2.05) is 0 Å². The molecular weight excluding hydrogens is 438 g/mol. The van der Waals surface area contributed by atoms with E-state index in [4.69, 9.17) is 9.99 Å². The lowest BCUT2D eigenvalue weighted by molar-refractivity contribution is -0.433. The van der Waals surface area contributed by atoms with Crippen molar-refractivity contribution in [2.75, 3.05) is 6.61 Å². The molecule has 2 unspecified atom stereocenters. The zero-order chi connectivity index (χ0) is 22.6. The van der Waals surface area contributed by atoms with Crippen LogP contribution in [0.15, 0.2) is 36.4 Å². The van der Waals surface area contributed by atoms with Gasteiger partial charge in [-0.2, -0.15) is 8.78 Å². The van der Waals surface area contributed by atoms with Crippen molar-refractivity contribution in [2.45, 2.75) is 56.1 Å². The third kappa shape index (κ3) is 3.71. The lowest BCUT2D eigenvalue weighted by atomic mass is 9.43. The number of hydrogen-bond donors (Lipinski definition) is 1. The van der Waals surface area contributed by atoms with Gasteiger partial charge in [0, 0.05) is 5.41 Å². The Morgan fingerprint density at radius 2 is 1.81 bits per heavy atom. The molecule has 172 valence electrons. The summed E-state index contributed by atoms with van der Waals surface area (Å²) in [5, 5.41) is 9.84. The second-order valence-corrected chi connectivity index (χ2v) is 10.9. The van der Waals surface area contributed by atoms with E-state index in [1.165, 1.54) is 21.9 Å². The van der Waals surface area contributed by atoms with Crippen molar-refractivity contribution in [3.05, 3.63) is 47.5 Å². The zero-order valence-electron chi connectivity index (χ0n) is 17.8. The van der Waals surface area contributed by atoms with Crippen molar-refractivity contribution in [3.8, 4) is 0 Å². The van der Waals surface area contributed by atoms with Gasteiger partial charge in [-0.15, -0.1) is 4.33 Å². The summed E-state index contributed by atoms with van der Waals surface area (Å²) in [5.74, 6) is -0.655. The van der Waals surface area contributed by atoms with Gasteiger partial charge < -0.3 is 4.74 Å². The minimum atomic E-state index is -3.96. The van der Waals surface area contributed by atoms with E-state index in [1.54, 1.807) is 0 Å². The highest BCUT2D eigenvalue weighted by atomic mass is 32.2. The largest absolute Gasteiger partial charge is 0.460 e. The SMILES string of the molecule is Cc1ccc(C23CC4CC(CC(COC(=O)C(F)(F)SOOO)(C4)C2)C3)c2ccccc12. The maximum Gasteiger partial charge on any atom is 0.415 e. The van der Waals surface area contributed by atoms with Crippen molar-refractivity contribution in [2.24, 2.45) is 17.3 Å². The van der Waals surface area contributed by atoms with Crippen molar-refractivity contribution < 1.29 is 32.9 Å². The molecule has 1 N–H and O–H groups in total. The second kappa shape index (κ2) is 7.94. The standard InChI is InChI=1S/C24H26F2O5S/c1-15-6-7-20(19-5-3-2-4-18(15)19)23-11-16-8-17(12-23)10-22(9-16,13-23)14-29-21(27)24(25,26)32-31-30-28/h2-7,16-17,28H,8-14H2,1H3. The van der Waals surface area contributed by atoms with Crippen molar-refractivity contribution in [3.63, 3.8) is 0 Å². The Kier molecular flexibility index (Phi) is 5.47. The number of rotatable bonds is 7. The van der Waals surface area contributed by atoms with E-state index in [9.17, 15) is 13.6 Å². The van der Waals surface area contributed by atoms with Gasteiger partial charge >= 0.3 is 11.2 Å². The zero-order valence-corrected chi connectivity index (χ0v) is 18.6. The van der Waals surface area contributed by atoms with Gasteiger partial charge in [0.25, 0.3) is 0 Å². The average molecular weight is 465 g/mol. The van der Waals surface area contributed by atoms with Gasteiger partial charge in [-0.25, -0.2) is 10.1 Å². The van der Waals surface area contributed by atoms with Gasteiger partial charge in [-0.05, 0) is 84.6 Å². The highest BCUT2D eigenvalue weighted by molar-refractivity contribution is 7.96. The molecule has 4 fully saturated rings. The van der Waals surface area contributed by atoms with Crippen LogP contribution < -0.4 is 0 Å². The quantitative estimate of drug-likeness (QED) is 0.228. The maximum atomic E-state index is 13.9. The van der Waals surface area contributed by atoms with E-state index in [0.717, 1.165) is 38.5 Å². The molecule has 4 aliphatic carbocycles. The summed E-state index contributed by atoms with van der Waals surface area (Å²) in [6.45, 7) is 2.09. The monoisotopic (exact) mass is 464 g/mol. The van der Waals surface area contributed by atoms with Crippen LogP contribution in [-0.4, -0.2) is 23.1 Å². The topological polar surface area (TPSA) is 65.0 Å². The first kappa shape index (κ1) is 22.1. The van der Waals surface area contributed by atoms with Crippen LogP contribution in [0.25, 0.3) is 10.8 Å². The molecule has 2 aromatic rings. The molecule has 0 radical (unpaired) electrons. The molecule has 0 amide bonds. The molecule has 4 saturated carbocycles. The van der Waals surface area contributed by atoms with Gasteiger partial charge in [-0.1, -0.05) is 41.4 Å². The van der Waals surface area contributed by atoms with Crippen molar-refractivity contribution >= 4 is 28.8 Å². The molecule has 0 aliphatic heterocycles. The van der Waals surface area contributed by atoms with Crippen LogP contribution in [0.1, 0.15) is 49.7 Å². The van der Waals surface area contributed by atoms with Crippen LogP contribution in [0.2, 0.25) is 0 Å². The molecule has 0 heterocycles. The first-order valence-electron chi connectivity index (χ1n) is 11.0. The Bertz CT molecular complexity index is 1030. The van der Waals surface area contributed by atoms with Crippen LogP contribution in [-0.2, 0) is 24.3 Å². The summed E-state index contributed by atoms with van der Waals surface area (Å²) in [5.41, 5.74) is 2.28. The van der Waals surface area contributed by atoms with Gasteiger partial charge in [0.05, 0.1) is 6.61 Å². The number of alkyl halides is 2. The van der Waals surface area contributed by atoms with E-state index in [0.29, 0.717) is 11.8 Å². The fourth-order valence-electron chi connectivity index (χ4n) is 7.24. The first-order valence-corrected chi connectivity index (χ1v) is 11.7. The number of aryl methyl sites for hydroxylation is 1. The molecule has 32 heavy (non-hydrogen) atoms. The highest BCUT2D eigenvalue weighted by Crippen LogP contribution is 2.66. The molecular formula is C24H26F2O5S. The molecule has 0 spiro atoms. The third-order valence-electron chi connectivity index (χ3n) is 7.81. The minimum Gasteiger partial charge on any atom is -0.460 e. The molecule has 2 atom stereocenters. The smallest absolute Gasteiger partial charge is 0.415 e. The Morgan fingerprint density at radius 1 is 1.12 bits per heavy atom. The molecule has 6 rings (SSSR count). The van der Waals surface area contributed by atoms with Crippen LogP contribution in [0, 0.1) is 24.2 Å². The van der Waals surface area contributed by atoms with Gasteiger partial charge in [-0.3, -0.25) is 0 Å². The van der Waals surface area contributed by atoms with Crippen molar-refractivity contribution in [1.82, 2.24) is 0 Å². The molecule has 0 aromatic heterocycles. The number of ether oxygens (including phenoxy) is 1. The van der Waals surface area contributed by atoms with E-state index < -0.39 is 23.3 Å². The Labute approximate surface area is 189 Å². The lowest BCUT2D eigenvalue weighted by Crippen LogP contribution is -2.56. The maximum absolute atomic E-state index is 13.9. The van der Waals surface area contributed by atoms with Crippen LogP contribution in [0.3, 0.4) is 0 Å². The fourth-order valence-corrected chi connectivity index (χ4v) is 7.49. The molecule has 5 nitrogen and oxygen atoms in total. The molecule has 4 aliphatic rings. The van der Waals surface area contributed by atoms with Gasteiger partial charge in [0.2, 0.25) is 0 Å². The normalized spacial score (nSPS) is 31.2. The number of fused-ring (bicyclic) bond motifs is 1. The number of carbonyl (C=O) groups excluding carboxylic acids is 1. The summed E-state index contributed by atoms with van der Waals surface area (Å²) in [7, 11) is 0. The number of benzene rings is 2. The molecule has 8 heteroatoms. The summed E-state index contributed by atoms with van der Waals surface area (Å²) < 4.78 is 36.7. The Hall–Kier alpha value is -1.74. The molecule has 4 bridgehead atoms. The second-order valence-electron chi connectivity index (χ2n) is 10.0. The number of esters is 1. The molecule has 2 aromatic carbocycles. The van der Waals surface area contributed by atoms with Crippen LogP contribution in [0.5, 0.6) is 0 Å². The summed E-state index contributed by atoms with van der Waals surface area (Å²) in [4.78, 5) is 12.0. The van der Waals surface area contributed by atoms with E-state index in [2.05, 4.69) is 52.7 Å². The molecule has 0 saturated heterocycles. The number of carbonyl (C=O) groups is 1. The summed E-state index contributed by atoms with van der Waals surface area (Å²) >= 11 is -0.577. The number of halogens is 2. The Balaban J connectivity index is 1.43. The van der Waals surface area contributed by atoms with E-state index >= 15 is 0 Å². The first-order chi connectivity index (χ1) is 15.3. The summed E-state index contributed by atoms with van der Waals surface area (Å²) in [6, 6.07) is 12.9. The highest BCUT2D eigenvalue weighted by Gasteiger charge is 2.59. The van der Waals surface area contributed by atoms with E-state index in [-0.39, 0.29) is 17.4 Å². The Morgan fingerprint density at radius 3 is 2.50 bits per heavy atom. The van der Waals surface area contributed by atoms with Gasteiger partial charge in [0.15, 0.2) is 0 Å². The van der Waals surface area contributed by atoms with Gasteiger partial charge in [0.1, 0.15) is 12.0 Å². The minimum absolute atomic E-state index is 0.0189. The average Bonchev–Trinajstić information content (AvgIpc) is 2.75. The lowest BCUT2D eigenvalue weighted by Gasteiger charge is -2.62. The van der Waals surface area contributed by atoms with Crippen molar-refractivity contribution in [1.29, 1.82) is 0 Å². The predicted molar refractivity (Wildman–Crippen MR) is 116 cm³/mol. The predicted octanol–water partition coefficient (Wildman–Crippen LogP) is 6.19.